The van der Waals surface area contributed by atoms with E-state index < -0.39 is 0 Å². The van der Waals surface area contributed by atoms with Gasteiger partial charge in [-0.15, -0.1) is 0 Å². The molecular weight excluding hydrogens is 200 g/mol. The highest BCUT2D eigenvalue weighted by Gasteiger charge is 2.24. The number of carbonyl (C=O) groups excluding carboxylic acids is 1. The fourth-order valence-corrected chi connectivity index (χ4v) is 2.14. The van der Waals surface area contributed by atoms with E-state index in [1.54, 1.807) is 0 Å². The van der Waals surface area contributed by atoms with Crippen LogP contribution in [0.3, 0.4) is 0 Å². The van der Waals surface area contributed by atoms with Gasteiger partial charge in [0.25, 0.3) is 0 Å². The van der Waals surface area contributed by atoms with Crippen molar-refractivity contribution < 1.29 is 4.79 Å². The van der Waals surface area contributed by atoms with Crippen LogP contribution in [-0.4, -0.2) is 19.0 Å². The van der Waals surface area contributed by atoms with Crippen LogP contribution < -0.4 is 10.6 Å². The molecule has 1 aliphatic rings. The minimum Gasteiger partial charge on any atom is -0.353 e. The predicted molar refractivity (Wildman–Crippen MR) is 64.4 cm³/mol. The van der Waals surface area contributed by atoms with Gasteiger partial charge in [-0.05, 0) is 43.0 Å². The third kappa shape index (κ3) is 1.95. The van der Waals surface area contributed by atoms with Crippen molar-refractivity contribution in [2.75, 3.05) is 13.1 Å². The van der Waals surface area contributed by atoms with Crippen LogP contribution in [0, 0.1) is 20.8 Å². The highest BCUT2D eigenvalue weighted by Crippen LogP contribution is 2.22. The van der Waals surface area contributed by atoms with Crippen molar-refractivity contribution >= 4 is 5.91 Å². The maximum atomic E-state index is 11.8. The van der Waals surface area contributed by atoms with Gasteiger partial charge in [-0.1, -0.05) is 12.1 Å². The van der Waals surface area contributed by atoms with Crippen LogP contribution in [0.2, 0.25) is 0 Å². The molecule has 1 aliphatic heterocycles. The molecule has 16 heavy (non-hydrogen) atoms. The number of rotatable bonds is 1. The monoisotopic (exact) mass is 218 g/mol. The van der Waals surface area contributed by atoms with Crippen molar-refractivity contribution in [3.05, 3.63) is 34.4 Å². The number of carbonyl (C=O) groups is 1. The molecule has 1 amide bonds. The summed E-state index contributed by atoms with van der Waals surface area (Å²) >= 11 is 0. The molecule has 1 atom stereocenters. The molecule has 1 aromatic rings. The minimum atomic E-state index is -0.187. The fraction of sp³-hybridized carbons (Fsp3) is 0.462. The topological polar surface area (TPSA) is 41.1 Å². The summed E-state index contributed by atoms with van der Waals surface area (Å²) in [6.07, 6.45) is 0. The van der Waals surface area contributed by atoms with E-state index in [1.807, 2.05) is 0 Å². The molecule has 0 aliphatic carbocycles. The second-order valence-corrected chi connectivity index (χ2v) is 4.47. The fourth-order valence-electron chi connectivity index (χ4n) is 2.14. The van der Waals surface area contributed by atoms with Gasteiger partial charge in [0.2, 0.25) is 5.91 Å². The zero-order valence-corrected chi connectivity index (χ0v) is 10.1. The number of amides is 1. The first-order valence-electron chi connectivity index (χ1n) is 5.68. The smallest absolute Gasteiger partial charge is 0.241 e. The lowest BCUT2D eigenvalue weighted by molar-refractivity contribution is -0.124. The van der Waals surface area contributed by atoms with E-state index in [-0.39, 0.29) is 11.9 Å². The van der Waals surface area contributed by atoms with Gasteiger partial charge in [0.15, 0.2) is 0 Å². The van der Waals surface area contributed by atoms with Crippen molar-refractivity contribution in [2.24, 2.45) is 0 Å². The van der Waals surface area contributed by atoms with Crippen LogP contribution >= 0.6 is 0 Å². The SMILES string of the molecule is Cc1cc(C)c(C2NCCNC2=O)cc1C. The van der Waals surface area contributed by atoms with Crippen molar-refractivity contribution in [3.63, 3.8) is 0 Å². The third-order valence-corrected chi connectivity index (χ3v) is 3.23. The summed E-state index contributed by atoms with van der Waals surface area (Å²) in [4.78, 5) is 11.8. The zero-order valence-electron chi connectivity index (χ0n) is 10.1. The Morgan fingerprint density at radius 3 is 2.44 bits per heavy atom. The first-order valence-corrected chi connectivity index (χ1v) is 5.68. The van der Waals surface area contributed by atoms with Gasteiger partial charge in [0.1, 0.15) is 6.04 Å². The molecule has 1 fully saturated rings. The Kier molecular flexibility index (Phi) is 2.97. The Morgan fingerprint density at radius 2 is 1.75 bits per heavy atom. The molecule has 1 unspecified atom stereocenters. The summed E-state index contributed by atoms with van der Waals surface area (Å²) in [5, 5.41) is 6.15. The number of aryl methyl sites for hydroxylation is 3. The van der Waals surface area contributed by atoms with Gasteiger partial charge in [-0.2, -0.15) is 0 Å². The summed E-state index contributed by atoms with van der Waals surface area (Å²) in [6.45, 7) is 7.80. The van der Waals surface area contributed by atoms with Crippen LogP contribution in [0.25, 0.3) is 0 Å². The van der Waals surface area contributed by atoms with Crippen molar-refractivity contribution in [1.82, 2.24) is 10.6 Å². The Hall–Kier alpha value is -1.35. The number of hydrogen-bond acceptors (Lipinski definition) is 2. The molecule has 0 bridgehead atoms. The zero-order chi connectivity index (χ0) is 11.7. The molecule has 1 aromatic carbocycles. The normalized spacial score (nSPS) is 20.7. The molecule has 0 spiro atoms. The van der Waals surface area contributed by atoms with E-state index >= 15 is 0 Å². The predicted octanol–water partition coefficient (Wildman–Crippen LogP) is 1.37. The first-order chi connectivity index (χ1) is 7.59. The Labute approximate surface area is 96.2 Å². The molecule has 3 heteroatoms. The summed E-state index contributed by atoms with van der Waals surface area (Å²) in [7, 11) is 0. The summed E-state index contributed by atoms with van der Waals surface area (Å²) in [6, 6.07) is 4.08. The Bertz CT molecular complexity index is 426. The van der Waals surface area contributed by atoms with Gasteiger partial charge >= 0.3 is 0 Å². The molecule has 2 N–H and O–H groups in total. The maximum Gasteiger partial charge on any atom is 0.241 e. The van der Waals surface area contributed by atoms with E-state index in [0.717, 1.165) is 18.7 Å². The van der Waals surface area contributed by atoms with E-state index in [2.05, 4.69) is 43.5 Å². The summed E-state index contributed by atoms with van der Waals surface area (Å²) < 4.78 is 0. The van der Waals surface area contributed by atoms with Crippen molar-refractivity contribution in [3.8, 4) is 0 Å². The van der Waals surface area contributed by atoms with Crippen LogP contribution in [0.5, 0.6) is 0 Å². The van der Waals surface area contributed by atoms with Crippen molar-refractivity contribution in [2.45, 2.75) is 26.8 Å². The molecule has 86 valence electrons. The number of hydrogen-bond donors (Lipinski definition) is 2. The Morgan fingerprint density at radius 1 is 1.06 bits per heavy atom. The average Bonchev–Trinajstić information content (AvgIpc) is 2.25. The Balaban J connectivity index is 2.39. The second kappa shape index (κ2) is 4.26. The highest BCUT2D eigenvalue weighted by molar-refractivity contribution is 5.84. The summed E-state index contributed by atoms with van der Waals surface area (Å²) in [5.74, 6) is 0.0811. The maximum absolute atomic E-state index is 11.8. The molecule has 1 heterocycles. The van der Waals surface area contributed by atoms with Crippen LogP contribution in [0.1, 0.15) is 28.3 Å². The van der Waals surface area contributed by atoms with Gasteiger partial charge < -0.3 is 10.6 Å². The van der Waals surface area contributed by atoms with Crippen molar-refractivity contribution in [1.29, 1.82) is 0 Å². The lowest BCUT2D eigenvalue weighted by Gasteiger charge is -2.25. The van der Waals surface area contributed by atoms with E-state index in [1.165, 1.54) is 16.7 Å². The van der Waals surface area contributed by atoms with Gasteiger partial charge in [0, 0.05) is 13.1 Å². The molecule has 3 nitrogen and oxygen atoms in total. The van der Waals surface area contributed by atoms with Gasteiger partial charge in [0.05, 0.1) is 0 Å². The van der Waals surface area contributed by atoms with Crippen LogP contribution in [0.4, 0.5) is 0 Å². The number of piperazine rings is 1. The van der Waals surface area contributed by atoms with Crippen LogP contribution in [0.15, 0.2) is 12.1 Å². The minimum absolute atomic E-state index is 0.0811. The molecule has 1 saturated heterocycles. The third-order valence-electron chi connectivity index (χ3n) is 3.23. The second-order valence-electron chi connectivity index (χ2n) is 4.47. The quantitative estimate of drug-likeness (QED) is 0.747. The van der Waals surface area contributed by atoms with Crippen LogP contribution in [-0.2, 0) is 4.79 Å². The average molecular weight is 218 g/mol. The summed E-state index contributed by atoms with van der Waals surface area (Å²) in [5.41, 5.74) is 4.79. The number of nitrogens with one attached hydrogen (secondary N) is 2. The van der Waals surface area contributed by atoms with Gasteiger partial charge in [-0.3, -0.25) is 4.79 Å². The molecule has 2 rings (SSSR count). The van der Waals surface area contributed by atoms with E-state index in [4.69, 9.17) is 0 Å². The first kappa shape index (κ1) is 11.1. The van der Waals surface area contributed by atoms with E-state index in [0.29, 0.717) is 0 Å². The lowest BCUT2D eigenvalue weighted by atomic mass is 9.94. The number of benzene rings is 1. The molecular formula is C13H18N2O. The highest BCUT2D eigenvalue weighted by atomic mass is 16.2. The largest absolute Gasteiger partial charge is 0.353 e. The van der Waals surface area contributed by atoms with Gasteiger partial charge in [-0.25, -0.2) is 0 Å². The molecule has 0 aromatic heterocycles. The standard InChI is InChI=1S/C13H18N2O/c1-8-6-10(3)11(7-9(8)2)12-13(16)15-5-4-14-12/h6-7,12,14H,4-5H2,1-3H3,(H,15,16). The van der Waals surface area contributed by atoms with E-state index in [9.17, 15) is 4.79 Å². The molecule has 0 radical (unpaired) electrons. The molecule has 0 saturated carbocycles. The lowest BCUT2D eigenvalue weighted by Crippen LogP contribution is -2.47.